The van der Waals surface area contributed by atoms with Crippen LogP contribution in [0.4, 0.5) is 5.69 Å². The summed E-state index contributed by atoms with van der Waals surface area (Å²) < 4.78 is 2.95. The topological polar surface area (TPSA) is 86.7 Å². The van der Waals surface area contributed by atoms with E-state index in [-0.39, 0.29) is 11.1 Å². The zero-order valence-electron chi connectivity index (χ0n) is 9.47. The van der Waals surface area contributed by atoms with Crippen LogP contribution in [0.1, 0.15) is 20.7 Å². The molecular formula is C11H10N2O4S. The summed E-state index contributed by atoms with van der Waals surface area (Å²) in [7, 11) is 0. The number of aliphatic carboxylic acids is 1. The fourth-order valence-electron chi connectivity index (χ4n) is 1.75. The number of nitrogens with zero attached hydrogens (tertiary/aromatic N) is 1. The Bertz CT molecular complexity index is 544. The molecule has 0 unspecified atom stereocenters. The smallest absolute Gasteiger partial charge is 0.323 e. The summed E-state index contributed by atoms with van der Waals surface area (Å²) in [5.41, 5.74) is 1.17. The fraction of sp³-hybridized carbons (Fsp3) is 0.182. The third kappa shape index (κ3) is 2.04. The van der Waals surface area contributed by atoms with Gasteiger partial charge in [0.15, 0.2) is 0 Å². The SMILES string of the molecule is CSNc1ccc2c(c1)C(=O)N(CC(=O)O)C2=O. The van der Waals surface area contributed by atoms with E-state index in [1.54, 1.807) is 12.1 Å². The fourth-order valence-corrected chi connectivity index (χ4v) is 2.11. The van der Waals surface area contributed by atoms with Gasteiger partial charge in [0.1, 0.15) is 6.54 Å². The van der Waals surface area contributed by atoms with Crippen LogP contribution >= 0.6 is 11.9 Å². The molecule has 0 fully saturated rings. The number of nitrogens with one attached hydrogen (secondary N) is 1. The molecule has 6 nitrogen and oxygen atoms in total. The van der Waals surface area contributed by atoms with Gasteiger partial charge >= 0.3 is 5.97 Å². The molecule has 2 amide bonds. The van der Waals surface area contributed by atoms with Crippen LogP contribution in [0.2, 0.25) is 0 Å². The minimum atomic E-state index is -1.22. The first-order valence-electron chi connectivity index (χ1n) is 5.05. The Balaban J connectivity index is 2.36. The number of rotatable bonds is 4. The zero-order chi connectivity index (χ0) is 13.3. The number of carbonyl (C=O) groups excluding carboxylic acids is 2. The molecule has 1 aromatic rings. The van der Waals surface area contributed by atoms with Crippen molar-refractivity contribution in [3.05, 3.63) is 29.3 Å². The van der Waals surface area contributed by atoms with E-state index in [1.165, 1.54) is 18.0 Å². The van der Waals surface area contributed by atoms with Crippen molar-refractivity contribution in [1.29, 1.82) is 0 Å². The van der Waals surface area contributed by atoms with E-state index < -0.39 is 24.3 Å². The second-order valence-corrected chi connectivity index (χ2v) is 4.27. The number of anilines is 1. The number of carboxylic acids is 1. The largest absolute Gasteiger partial charge is 0.480 e. The molecule has 1 aromatic carbocycles. The predicted molar refractivity (Wildman–Crippen MR) is 66.6 cm³/mol. The highest BCUT2D eigenvalue weighted by molar-refractivity contribution is 7.99. The Labute approximate surface area is 107 Å². The van der Waals surface area contributed by atoms with Gasteiger partial charge in [0.05, 0.1) is 11.1 Å². The average molecular weight is 266 g/mol. The summed E-state index contributed by atoms with van der Waals surface area (Å²) in [6.07, 6.45) is 1.83. The van der Waals surface area contributed by atoms with E-state index in [0.29, 0.717) is 5.69 Å². The second kappa shape index (κ2) is 4.69. The molecule has 0 atom stereocenters. The van der Waals surface area contributed by atoms with Gasteiger partial charge in [-0.15, -0.1) is 0 Å². The summed E-state index contributed by atoms with van der Waals surface area (Å²) in [4.78, 5) is 35.1. The molecule has 1 heterocycles. The van der Waals surface area contributed by atoms with Gasteiger partial charge < -0.3 is 9.83 Å². The van der Waals surface area contributed by atoms with E-state index in [9.17, 15) is 14.4 Å². The molecule has 2 N–H and O–H groups in total. The Morgan fingerprint density at radius 2 is 2.00 bits per heavy atom. The van der Waals surface area contributed by atoms with Crippen molar-refractivity contribution in [1.82, 2.24) is 4.90 Å². The van der Waals surface area contributed by atoms with Crippen molar-refractivity contribution in [2.75, 3.05) is 17.5 Å². The van der Waals surface area contributed by atoms with Gasteiger partial charge in [-0.3, -0.25) is 19.3 Å². The second-order valence-electron chi connectivity index (χ2n) is 3.66. The molecule has 0 bridgehead atoms. The van der Waals surface area contributed by atoms with Gasteiger partial charge in [-0.1, -0.05) is 11.9 Å². The number of hydrogen-bond donors (Lipinski definition) is 2. The summed E-state index contributed by atoms with van der Waals surface area (Å²) in [6, 6.07) is 4.74. The van der Waals surface area contributed by atoms with Crippen LogP contribution in [0.25, 0.3) is 0 Å². The molecule has 94 valence electrons. The van der Waals surface area contributed by atoms with Crippen LogP contribution in [0.5, 0.6) is 0 Å². The van der Waals surface area contributed by atoms with E-state index in [0.717, 1.165) is 4.90 Å². The monoisotopic (exact) mass is 266 g/mol. The number of hydrogen-bond acceptors (Lipinski definition) is 5. The van der Waals surface area contributed by atoms with Crippen LogP contribution in [0.3, 0.4) is 0 Å². The van der Waals surface area contributed by atoms with Gasteiger partial charge in [-0.2, -0.15) is 0 Å². The van der Waals surface area contributed by atoms with Crippen molar-refractivity contribution in [2.45, 2.75) is 0 Å². The normalized spacial score (nSPS) is 13.7. The number of imide groups is 1. The molecule has 0 spiro atoms. The minimum absolute atomic E-state index is 0.236. The number of fused-ring (bicyclic) bond motifs is 1. The van der Waals surface area contributed by atoms with Crippen LogP contribution in [0.15, 0.2) is 18.2 Å². The van der Waals surface area contributed by atoms with E-state index in [1.807, 2.05) is 6.26 Å². The molecule has 1 aliphatic heterocycles. The Morgan fingerprint density at radius 3 is 2.61 bits per heavy atom. The third-order valence-electron chi connectivity index (χ3n) is 2.48. The molecule has 1 aliphatic rings. The van der Waals surface area contributed by atoms with Crippen molar-refractivity contribution in [2.24, 2.45) is 0 Å². The van der Waals surface area contributed by atoms with Crippen molar-refractivity contribution in [3.63, 3.8) is 0 Å². The van der Waals surface area contributed by atoms with Crippen molar-refractivity contribution in [3.8, 4) is 0 Å². The molecule has 0 aliphatic carbocycles. The van der Waals surface area contributed by atoms with Gasteiger partial charge in [-0.25, -0.2) is 0 Å². The lowest BCUT2D eigenvalue weighted by molar-refractivity contribution is -0.137. The highest BCUT2D eigenvalue weighted by atomic mass is 32.2. The van der Waals surface area contributed by atoms with E-state index in [4.69, 9.17) is 5.11 Å². The lowest BCUT2D eigenvalue weighted by atomic mass is 10.1. The lowest BCUT2D eigenvalue weighted by Gasteiger charge is -2.09. The summed E-state index contributed by atoms with van der Waals surface area (Å²) >= 11 is 1.36. The quantitative estimate of drug-likeness (QED) is 0.626. The molecular weight excluding hydrogens is 256 g/mol. The number of carboxylic acid groups (broad SMARTS) is 1. The van der Waals surface area contributed by atoms with Crippen LogP contribution in [-0.2, 0) is 4.79 Å². The Morgan fingerprint density at radius 1 is 1.33 bits per heavy atom. The van der Waals surface area contributed by atoms with Crippen molar-refractivity contribution < 1.29 is 19.5 Å². The molecule has 0 aromatic heterocycles. The maximum atomic E-state index is 11.9. The molecule has 18 heavy (non-hydrogen) atoms. The highest BCUT2D eigenvalue weighted by Gasteiger charge is 2.36. The molecule has 0 saturated heterocycles. The zero-order valence-corrected chi connectivity index (χ0v) is 10.3. The van der Waals surface area contributed by atoms with Gasteiger partial charge in [0, 0.05) is 11.9 Å². The van der Waals surface area contributed by atoms with Crippen LogP contribution in [0, 0.1) is 0 Å². The predicted octanol–water partition coefficient (Wildman–Crippen LogP) is 1.06. The molecule has 0 saturated carbocycles. The van der Waals surface area contributed by atoms with Crippen LogP contribution < -0.4 is 4.72 Å². The maximum absolute atomic E-state index is 11.9. The maximum Gasteiger partial charge on any atom is 0.323 e. The number of carbonyl (C=O) groups is 3. The number of benzene rings is 1. The first-order chi connectivity index (χ1) is 8.54. The van der Waals surface area contributed by atoms with Gasteiger partial charge in [0.25, 0.3) is 11.8 Å². The summed E-state index contributed by atoms with van der Waals surface area (Å²) in [5.74, 6) is -2.35. The van der Waals surface area contributed by atoms with Crippen molar-refractivity contribution >= 4 is 35.4 Å². The standard InChI is InChI=1S/C11H10N2O4S/c1-18-12-6-2-3-7-8(4-6)11(17)13(10(7)16)5-9(14)15/h2-4,12H,5H2,1H3,(H,14,15). The lowest BCUT2D eigenvalue weighted by Crippen LogP contribution is -2.34. The van der Waals surface area contributed by atoms with Crippen LogP contribution in [-0.4, -0.2) is 40.6 Å². The highest BCUT2D eigenvalue weighted by Crippen LogP contribution is 2.26. The Hall–Kier alpha value is -2.02. The molecule has 2 rings (SSSR count). The Kier molecular flexibility index (Phi) is 3.24. The third-order valence-corrected chi connectivity index (χ3v) is 2.92. The van der Waals surface area contributed by atoms with Gasteiger partial charge in [-0.05, 0) is 18.2 Å². The number of amides is 2. The summed E-state index contributed by atoms with van der Waals surface area (Å²) in [5, 5.41) is 8.67. The first-order valence-corrected chi connectivity index (χ1v) is 6.28. The van der Waals surface area contributed by atoms with E-state index >= 15 is 0 Å². The summed E-state index contributed by atoms with van der Waals surface area (Å²) in [6.45, 7) is -0.613. The average Bonchev–Trinajstić information content (AvgIpc) is 2.55. The minimum Gasteiger partial charge on any atom is -0.480 e. The van der Waals surface area contributed by atoms with Gasteiger partial charge in [0.2, 0.25) is 0 Å². The first kappa shape index (κ1) is 12.4. The van der Waals surface area contributed by atoms with E-state index in [2.05, 4.69) is 4.72 Å². The molecule has 0 radical (unpaired) electrons. The molecule has 7 heteroatoms.